The van der Waals surface area contributed by atoms with Crippen molar-refractivity contribution in [2.24, 2.45) is 0 Å². The molecule has 2 atom stereocenters. The van der Waals surface area contributed by atoms with Gasteiger partial charge in [-0.2, -0.15) is 0 Å². The molecule has 2 nitrogen and oxygen atoms in total. The average Bonchev–Trinajstić information content (AvgIpc) is 2.56. The van der Waals surface area contributed by atoms with Gasteiger partial charge in [-0.25, -0.2) is 0 Å². The lowest BCUT2D eigenvalue weighted by Gasteiger charge is -2.21. The summed E-state index contributed by atoms with van der Waals surface area (Å²) in [5, 5.41) is 13.5. The predicted octanol–water partition coefficient (Wildman–Crippen LogP) is 2.51. The maximum atomic E-state index is 9.98. The maximum absolute atomic E-state index is 9.98. The van der Waals surface area contributed by atoms with Crippen LogP contribution in [-0.4, -0.2) is 23.8 Å². The summed E-state index contributed by atoms with van der Waals surface area (Å²) in [6.45, 7) is 0.964. The Morgan fingerprint density at radius 1 is 1.06 bits per heavy atom. The van der Waals surface area contributed by atoms with Crippen LogP contribution in [0.15, 0.2) is 30.3 Å². The van der Waals surface area contributed by atoms with E-state index in [1.807, 2.05) is 6.07 Å². The molecule has 1 aliphatic carbocycles. The molecule has 2 heteroatoms. The second kappa shape index (κ2) is 6.77. The minimum Gasteiger partial charge on any atom is -0.392 e. The quantitative estimate of drug-likeness (QED) is 0.783. The number of nitrogens with one attached hydrogen (secondary N) is 1. The lowest BCUT2D eigenvalue weighted by Crippen LogP contribution is -2.40. The van der Waals surface area contributed by atoms with Gasteiger partial charge in [0.1, 0.15) is 0 Å². The van der Waals surface area contributed by atoms with Gasteiger partial charge in [0.15, 0.2) is 0 Å². The monoisotopic (exact) mass is 233 g/mol. The Bertz CT molecular complexity index is 312. The first-order valence-electron chi connectivity index (χ1n) is 6.81. The maximum Gasteiger partial charge on any atom is 0.0693 e. The molecule has 17 heavy (non-hydrogen) atoms. The van der Waals surface area contributed by atoms with E-state index in [9.17, 15) is 5.11 Å². The fourth-order valence-corrected chi connectivity index (χ4v) is 2.57. The fourth-order valence-electron chi connectivity index (χ4n) is 2.57. The third-order valence-electron chi connectivity index (χ3n) is 3.64. The second-order valence-corrected chi connectivity index (χ2v) is 5.00. The van der Waals surface area contributed by atoms with Crippen molar-refractivity contribution >= 4 is 0 Å². The normalized spacial score (nSPS) is 25.5. The summed E-state index contributed by atoms with van der Waals surface area (Å²) in [6, 6.07) is 10.8. The highest BCUT2D eigenvalue weighted by atomic mass is 16.3. The van der Waals surface area contributed by atoms with Crippen molar-refractivity contribution in [3.8, 4) is 0 Å². The molecular formula is C15H23NO. The van der Waals surface area contributed by atoms with E-state index in [1.165, 1.54) is 24.8 Å². The Kier molecular flexibility index (Phi) is 5.02. The highest BCUT2D eigenvalue weighted by Crippen LogP contribution is 2.17. The van der Waals surface area contributed by atoms with Crippen LogP contribution in [0.25, 0.3) is 0 Å². The van der Waals surface area contributed by atoms with Gasteiger partial charge < -0.3 is 10.4 Å². The van der Waals surface area contributed by atoms with Crippen LogP contribution in [0.5, 0.6) is 0 Å². The molecule has 2 rings (SSSR count). The average molecular weight is 233 g/mol. The van der Waals surface area contributed by atoms with E-state index in [0.29, 0.717) is 6.04 Å². The van der Waals surface area contributed by atoms with Crippen molar-refractivity contribution in [3.05, 3.63) is 35.9 Å². The van der Waals surface area contributed by atoms with E-state index >= 15 is 0 Å². The molecule has 0 aliphatic heterocycles. The standard InChI is InChI=1S/C15H23NO/c17-15-10-6-2-5-9-14(15)16-12-11-13-7-3-1-4-8-13/h1,3-4,7-8,14-17H,2,5-6,9-12H2/t14-,15-/m0/s1. The van der Waals surface area contributed by atoms with Crippen LogP contribution in [0.2, 0.25) is 0 Å². The first kappa shape index (κ1) is 12.6. The summed E-state index contributed by atoms with van der Waals surface area (Å²) in [4.78, 5) is 0. The minimum absolute atomic E-state index is 0.145. The third-order valence-corrected chi connectivity index (χ3v) is 3.64. The Morgan fingerprint density at radius 2 is 1.82 bits per heavy atom. The zero-order valence-corrected chi connectivity index (χ0v) is 10.4. The van der Waals surface area contributed by atoms with Gasteiger partial charge in [-0.05, 0) is 31.4 Å². The molecule has 0 radical (unpaired) electrons. The van der Waals surface area contributed by atoms with E-state index in [4.69, 9.17) is 0 Å². The van der Waals surface area contributed by atoms with Gasteiger partial charge >= 0.3 is 0 Å². The van der Waals surface area contributed by atoms with E-state index in [1.54, 1.807) is 0 Å². The van der Waals surface area contributed by atoms with Crippen LogP contribution in [0.4, 0.5) is 0 Å². The third kappa shape index (κ3) is 4.14. The first-order chi connectivity index (χ1) is 8.36. The van der Waals surface area contributed by atoms with Gasteiger partial charge in [-0.15, -0.1) is 0 Å². The molecule has 0 heterocycles. The van der Waals surface area contributed by atoms with Gasteiger partial charge in [-0.1, -0.05) is 49.6 Å². The Morgan fingerprint density at radius 3 is 2.65 bits per heavy atom. The summed E-state index contributed by atoms with van der Waals surface area (Å²) in [7, 11) is 0. The molecule has 0 unspecified atom stereocenters. The second-order valence-electron chi connectivity index (χ2n) is 5.00. The van der Waals surface area contributed by atoms with Crippen molar-refractivity contribution in [2.45, 2.75) is 50.7 Å². The van der Waals surface area contributed by atoms with Crippen LogP contribution >= 0.6 is 0 Å². The van der Waals surface area contributed by atoms with E-state index in [-0.39, 0.29) is 6.10 Å². The number of rotatable bonds is 4. The number of hydrogen-bond acceptors (Lipinski definition) is 2. The first-order valence-corrected chi connectivity index (χ1v) is 6.81. The molecule has 0 spiro atoms. The summed E-state index contributed by atoms with van der Waals surface area (Å²) >= 11 is 0. The summed E-state index contributed by atoms with van der Waals surface area (Å²) in [5.74, 6) is 0. The van der Waals surface area contributed by atoms with Crippen molar-refractivity contribution in [1.82, 2.24) is 5.32 Å². The highest BCUT2D eigenvalue weighted by Gasteiger charge is 2.20. The molecule has 0 bridgehead atoms. The van der Waals surface area contributed by atoms with Gasteiger partial charge in [0.2, 0.25) is 0 Å². The molecule has 1 aromatic carbocycles. The molecular weight excluding hydrogens is 210 g/mol. The van der Waals surface area contributed by atoms with E-state index in [2.05, 4.69) is 29.6 Å². The largest absolute Gasteiger partial charge is 0.392 e. The van der Waals surface area contributed by atoms with Crippen molar-refractivity contribution in [2.75, 3.05) is 6.54 Å². The van der Waals surface area contributed by atoms with E-state index in [0.717, 1.165) is 25.8 Å². The Balaban J connectivity index is 1.73. The topological polar surface area (TPSA) is 32.3 Å². The Hall–Kier alpha value is -0.860. The molecule has 1 fully saturated rings. The van der Waals surface area contributed by atoms with Crippen molar-refractivity contribution in [3.63, 3.8) is 0 Å². The molecule has 1 aromatic rings. The summed E-state index contributed by atoms with van der Waals surface area (Å²) in [6.07, 6.45) is 6.68. The molecule has 0 amide bonds. The zero-order valence-electron chi connectivity index (χ0n) is 10.4. The number of aliphatic hydroxyl groups excluding tert-OH is 1. The van der Waals surface area contributed by atoms with Crippen LogP contribution in [0, 0.1) is 0 Å². The minimum atomic E-state index is -0.145. The van der Waals surface area contributed by atoms with Gasteiger partial charge in [-0.3, -0.25) is 0 Å². The summed E-state index contributed by atoms with van der Waals surface area (Å²) < 4.78 is 0. The van der Waals surface area contributed by atoms with Crippen molar-refractivity contribution in [1.29, 1.82) is 0 Å². The number of aliphatic hydroxyl groups is 1. The van der Waals surface area contributed by atoms with Gasteiger partial charge in [0.05, 0.1) is 6.10 Å². The predicted molar refractivity (Wildman–Crippen MR) is 71.0 cm³/mol. The smallest absolute Gasteiger partial charge is 0.0693 e. The van der Waals surface area contributed by atoms with Crippen molar-refractivity contribution < 1.29 is 5.11 Å². The van der Waals surface area contributed by atoms with Crippen LogP contribution < -0.4 is 5.32 Å². The lowest BCUT2D eigenvalue weighted by atomic mass is 10.1. The highest BCUT2D eigenvalue weighted by molar-refractivity contribution is 5.14. The molecule has 0 aromatic heterocycles. The van der Waals surface area contributed by atoms with Crippen LogP contribution in [-0.2, 0) is 6.42 Å². The molecule has 94 valence electrons. The van der Waals surface area contributed by atoms with Crippen LogP contribution in [0.1, 0.15) is 37.7 Å². The van der Waals surface area contributed by atoms with E-state index < -0.39 is 0 Å². The molecule has 1 saturated carbocycles. The fraction of sp³-hybridized carbons (Fsp3) is 0.600. The van der Waals surface area contributed by atoms with Crippen LogP contribution in [0.3, 0.4) is 0 Å². The van der Waals surface area contributed by atoms with Gasteiger partial charge in [0, 0.05) is 6.04 Å². The molecule has 2 N–H and O–H groups in total. The zero-order chi connectivity index (χ0) is 11.9. The lowest BCUT2D eigenvalue weighted by molar-refractivity contribution is 0.120. The van der Waals surface area contributed by atoms with Gasteiger partial charge in [0.25, 0.3) is 0 Å². The SMILES string of the molecule is O[C@H]1CCCCC[C@@H]1NCCc1ccccc1. The number of hydrogen-bond donors (Lipinski definition) is 2. The molecule has 0 saturated heterocycles. The number of benzene rings is 1. The molecule has 1 aliphatic rings. The summed E-state index contributed by atoms with van der Waals surface area (Å²) in [5.41, 5.74) is 1.36. The Labute approximate surface area is 104 Å².